The number of nitrogens with zero attached hydrogens (tertiary/aromatic N) is 2. The topological polar surface area (TPSA) is 9.34 Å². The van der Waals surface area contributed by atoms with Gasteiger partial charge in [-0.25, -0.2) is 0 Å². The average molecular weight is 507 g/mol. The molecule has 10 rings (SSSR count). The van der Waals surface area contributed by atoms with E-state index in [-0.39, 0.29) is 0 Å². The molecule has 0 aliphatic heterocycles. The van der Waals surface area contributed by atoms with Gasteiger partial charge in [0.05, 0.1) is 27.6 Å². The van der Waals surface area contributed by atoms with Gasteiger partial charge < -0.3 is 8.97 Å². The van der Waals surface area contributed by atoms with Crippen molar-refractivity contribution in [3.63, 3.8) is 0 Å². The van der Waals surface area contributed by atoms with Crippen molar-refractivity contribution < 1.29 is 0 Å². The van der Waals surface area contributed by atoms with Crippen molar-refractivity contribution in [1.82, 2.24) is 8.97 Å². The maximum absolute atomic E-state index is 2.48. The van der Waals surface area contributed by atoms with Crippen LogP contribution >= 0.6 is 0 Å². The Morgan fingerprint density at radius 3 is 1.60 bits per heavy atom. The first-order valence-electron chi connectivity index (χ1n) is 13.9. The molecule has 7 aromatic carbocycles. The zero-order valence-corrected chi connectivity index (χ0v) is 21.6. The fraction of sp³-hybridized carbons (Fsp3) is 0. The molecule has 0 saturated carbocycles. The van der Waals surface area contributed by atoms with E-state index in [0.29, 0.717) is 0 Å². The van der Waals surface area contributed by atoms with Crippen LogP contribution in [0.4, 0.5) is 0 Å². The van der Waals surface area contributed by atoms with Crippen LogP contribution in [0.2, 0.25) is 0 Å². The normalized spacial score (nSPS) is 12.5. The molecule has 2 nitrogen and oxygen atoms in total. The Morgan fingerprint density at radius 2 is 0.875 bits per heavy atom. The zero-order chi connectivity index (χ0) is 25.9. The molecule has 0 spiro atoms. The molecule has 0 atom stereocenters. The fourth-order valence-electron chi connectivity index (χ4n) is 7.23. The summed E-state index contributed by atoms with van der Waals surface area (Å²) in [5, 5.41) is 12.9. The van der Waals surface area contributed by atoms with Crippen molar-refractivity contribution in [2.75, 3.05) is 0 Å². The van der Waals surface area contributed by atoms with Crippen molar-refractivity contribution in [3.8, 4) is 5.69 Å². The third-order valence-electron chi connectivity index (χ3n) is 8.96. The van der Waals surface area contributed by atoms with Gasteiger partial charge in [-0.1, -0.05) is 84.9 Å². The number of aromatic nitrogens is 2. The Kier molecular flexibility index (Phi) is 3.70. The highest BCUT2D eigenvalue weighted by Gasteiger charge is 2.19. The van der Waals surface area contributed by atoms with Crippen LogP contribution in [0.5, 0.6) is 0 Å². The number of hydrogen-bond donors (Lipinski definition) is 0. The van der Waals surface area contributed by atoms with Gasteiger partial charge in [0.2, 0.25) is 0 Å². The second-order valence-electron chi connectivity index (χ2n) is 11.0. The van der Waals surface area contributed by atoms with E-state index in [1.807, 2.05) is 0 Å². The van der Waals surface area contributed by atoms with Gasteiger partial charge in [-0.2, -0.15) is 0 Å². The van der Waals surface area contributed by atoms with Crippen molar-refractivity contribution >= 4 is 81.4 Å². The van der Waals surface area contributed by atoms with Crippen LogP contribution in [-0.4, -0.2) is 8.97 Å². The first-order valence-corrected chi connectivity index (χ1v) is 13.9. The van der Waals surface area contributed by atoms with Crippen molar-refractivity contribution in [1.29, 1.82) is 0 Å². The summed E-state index contributed by atoms with van der Waals surface area (Å²) in [5.74, 6) is 0. The van der Waals surface area contributed by atoms with E-state index < -0.39 is 0 Å². The monoisotopic (exact) mass is 506 g/mol. The van der Waals surface area contributed by atoms with Gasteiger partial charge in [0.25, 0.3) is 0 Å². The molecule has 2 heteroatoms. The lowest BCUT2D eigenvalue weighted by Gasteiger charge is -2.09. The number of hydrogen-bond acceptors (Lipinski definition) is 0. The van der Waals surface area contributed by atoms with Crippen LogP contribution in [-0.2, 0) is 0 Å². The van der Waals surface area contributed by atoms with Gasteiger partial charge in [-0.3, -0.25) is 0 Å². The second kappa shape index (κ2) is 7.19. The molecule has 40 heavy (non-hydrogen) atoms. The summed E-state index contributed by atoms with van der Waals surface area (Å²) < 4.78 is 4.92. The standard InChI is InChI=1S/C38H22N2/c1-3-10-25-20-36-31(18-23(25)8-1)28-12-5-6-15-34(28)39(36)27-16-17-35-33(22-27)30-14-7-13-29-32-19-24-9-2-4-11-26(24)21-37(32)40(35)38(29)30/h1-22H. The molecular formula is C38H22N2. The minimum atomic E-state index is 1.19. The van der Waals surface area contributed by atoms with Gasteiger partial charge in [-0.05, 0) is 70.1 Å². The van der Waals surface area contributed by atoms with Gasteiger partial charge in [0.1, 0.15) is 0 Å². The lowest BCUT2D eigenvalue weighted by atomic mass is 10.0. The van der Waals surface area contributed by atoms with E-state index in [1.54, 1.807) is 0 Å². The lowest BCUT2D eigenvalue weighted by Crippen LogP contribution is -1.94. The van der Waals surface area contributed by atoms with E-state index in [0.717, 1.165) is 0 Å². The highest BCUT2D eigenvalue weighted by Crippen LogP contribution is 2.42. The van der Waals surface area contributed by atoms with Crippen LogP contribution in [0, 0.1) is 0 Å². The van der Waals surface area contributed by atoms with Crippen LogP contribution in [0.15, 0.2) is 133 Å². The Balaban J connectivity index is 1.34. The molecule has 0 aliphatic rings. The summed E-state index contributed by atoms with van der Waals surface area (Å²) in [6.07, 6.45) is 0. The maximum atomic E-state index is 2.48. The summed E-state index contributed by atoms with van der Waals surface area (Å²) in [6, 6.07) is 49.3. The Bertz CT molecular complexity index is 2650. The second-order valence-corrected chi connectivity index (χ2v) is 11.0. The number of fused-ring (bicyclic) bond motifs is 11. The molecule has 0 aliphatic carbocycles. The summed E-state index contributed by atoms with van der Waals surface area (Å²) in [7, 11) is 0. The van der Waals surface area contributed by atoms with Crippen LogP contribution in [0.1, 0.15) is 0 Å². The first-order chi connectivity index (χ1) is 19.8. The molecule has 10 aromatic rings. The number of para-hydroxylation sites is 2. The Labute approximate surface area is 229 Å². The SMILES string of the molecule is c1ccc2cc3c(cc2c1)c1ccccc1n3-c1ccc2c(c1)c1cccc3c4cc5ccccc5cc4n2c13. The summed E-state index contributed by atoms with van der Waals surface area (Å²) in [5.41, 5.74) is 7.52. The van der Waals surface area contributed by atoms with E-state index >= 15 is 0 Å². The summed E-state index contributed by atoms with van der Waals surface area (Å²) >= 11 is 0. The maximum Gasteiger partial charge on any atom is 0.0620 e. The third kappa shape index (κ3) is 2.49. The van der Waals surface area contributed by atoms with Gasteiger partial charge >= 0.3 is 0 Å². The van der Waals surface area contributed by atoms with Gasteiger partial charge in [0.15, 0.2) is 0 Å². The fourth-order valence-corrected chi connectivity index (χ4v) is 7.23. The summed E-state index contributed by atoms with van der Waals surface area (Å²) in [4.78, 5) is 0. The van der Waals surface area contributed by atoms with E-state index in [2.05, 4.69) is 142 Å². The van der Waals surface area contributed by atoms with Crippen molar-refractivity contribution in [3.05, 3.63) is 133 Å². The minimum Gasteiger partial charge on any atom is -0.309 e. The molecule has 0 bridgehead atoms. The minimum absolute atomic E-state index is 1.19. The smallest absolute Gasteiger partial charge is 0.0620 e. The molecule has 0 amide bonds. The van der Waals surface area contributed by atoms with E-state index in [4.69, 9.17) is 0 Å². The first kappa shape index (κ1) is 20.6. The van der Waals surface area contributed by atoms with Gasteiger partial charge in [0, 0.05) is 38.0 Å². The Hall–Kier alpha value is -5.34. The molecule has 3 aromatic heterocycles. The van der Waals surface area contributed by atoms with E-state index in [9.17, 15) is 0 Å². The Morgan fingerprint density at radius 1 is 0.325 bits per heavy atom. The molecular weight excluding hydrogens is 484 g/mol. The largest absolute Gasteiger partial charge is 0.309 e. The summed E-state index contributed by atoms with van der Waals surface area (Å²) in [6.45, 7) is 0. The molecule has 0 fully saturated rings. The third-order valence-corrected chi connectivity index (χ3v) is 8.96. The van der Waals surface area contributed by atoms with Crippen molar-refractivity contribution in [2.45, 2.75) is 0 Å². The highest BCUT2D eigenvalue weighted by molar-refractivity contribution is 6.25. The number of benzene rings is 7. The predicted octanol–water partition coefficient (Wildman–Crippen LogP) is 10.2. The molecule has 0 unspecified atom stereocenters. The van der Waals surface area contributed by atoms with Crippen LogP contribution in [0.25, 0.3) is 87.1 Å². The quantitative estimate of drug-likeness (QED) is 0.209. The zero-order valence-electron chi connectivity index (χ0n) is 21.6. The van der Waals surface area contributed by atoms with E-state index in [1.165, 1.54) is 87.1 Å². The molecule has 3 heterocycles. The molecule has 184 valence electrons. The van der Waals surface area contributed by atoms with Crippen LogP contribution < -0.4 is 0 Å². The predicted molar refractivity (Wildman–Crippen MR) is 170 cm³/mol. The lowest BCUT2D eigenvalue weighted by molar-refractivity contribution is 1.19. The molecule has 0 N–H and O–H groups in total. The number of rotatable bonds is 1. The van der Waals surface area contributed by atoms with Crippen molar-refractivity contribution in [2.24, 2.45) is 0 Å². The molecule has 0 saturated heterocycles. The van der Waals surface area contributed by atoms with Gasteiger partial charge in [-0.15, -0.1) is 0 Å². The molecule has 0 radical (unpaired) electrons. The highest BCUT2D eigenvalue weighted by atomic mass is 15.0. The van der Waals surface area contributed by atoms with Crippen LogP contribution in [0.3, 0.4) is 0 Å². The average Bonchev–Trinajstić information content (AvgIpc) is 3.63.